The number of carbonyl (C=O) groups excluding carboxylic acids is 2. The lowest BCUT2D eigenvalue weighted by Gasteiger charge is -2.51. The maximum absolute atomic E-state index is 13.8. The van der Waals surface area contributed by atoms with E-state index in [4.69, 9.17) is 9.26 Å². The minimum Gasteiger partial charge on any atom is -0.453 e. The van der Waals surface area contributed by atoms with Crippen molar-refractivity contribution < 1.29 is 28.4 Å². The molecule has 4 aliphatic rings. The number of hydrogen-bond donors (Lipinski definition) is 2. The van der Waals surface area contributed by atoms with Gasteiger partial charge < -0.3 is 24.2 Å². The largest absolute Gasteiger partial charge is 0.453 e. The average molecular weight is 475 g/mol. The van der Waals surface area contributed by atoms with E-state index < -0.39 is 11.6 Å². The van der Waals surface area contributed by atoms with Gasteiger partial charge in [0, 0.05) is 36.0 Å². The van der Waals surface area contributed by atoms with Crippen LogP contribution in [0.25, 0.3) is 0 Å². The number of esters is 1. The van der Waals surface area contributed by atoms with Crippen LogP contribution >= 0.6 is 0 Å². The fourth-order valence-corrected chi connectivity index (χ4v) is 6.19. The number of quaternary nitrogens is 1. The van der Waals surface area contributed by atoms with Crippen LogP contribution in [0.2, 0.25) is 0 Å². The third-order valence-corrected chi connectivity index (χ3v) is 7.97. The van der Waals surface area contributed by atoms with E-state index in [1.807, 2.05) is 48.5 Å². The molecule has 0 radical (unpaired) electrons. The number of benzene rings is 2. The zero-order valence-corrected chi connectivity index (χ0v) is 19.4. The molecule has 8 heteroatoms. The van der Waals surface area contributed by atoms with Crippen molar-refractivity contribution in [2.45, 2.75) is 31.0 Å². The molecule has 2 bridgehead atoms. The first kappa shape index (κ1) is 22.0. The molecule has 1 atom stereocenters. The Hall–Kier alpha value is -3.49. The fourth-order valence-electron chi connectivity index (χ4n) is 6.19. The second-order valence-electron chi connectivity index (χ2n) is 10.0. The summed E-state index contributed by atoms with van der Waals surface area (Å²) in [7, 11) is 0. The molecule has 0 saturated carbocycles. The number of amides is 1. The third-order valence-electron chi connectivity index (χ3n) is 7.97. The van der Waals surface area contributed by atoms with Gasteiger partial charge in [0.25, 0.3) is 5.91 Å². The second-order valence-corrected chi connectivity index (χ2v) is 10.0. The van der Waals surface area contributed by atoms with Crippen molar-refractivity contribution in [1.29, 1.82) is 0 Å². The van der Waals surface area contributed by atoms with Crippen LogP contribution in [-0.2, 0) is 26.3 Å². The first-order valence-corrected chi connectivity index (χ1v) is 12.1. The molecule has 1 unspecified atom stereocenters. The molecule has 7 rings (SSSR count). The fraction of sp³-hybridized carbons (Fsp3) is 0.370. The zero-order chi connectivity index (χ0) is 24.0. The Morgan fingerprint density at radius 3 is 2.34 bits per heavy atom. The normalized spacial score (nSPS) is 25.9. The summed E-state index contributed by atoms with van der Waals surface area (Å²) in [4.78, 5) is 26.5. The first-order chi connectivity index (χ1) is 17.0. The van der Waals surface area contributed by atoms with Gasteiger partial charge in [-0.2, -0.15) is 0 Å². The molecule has 3 aromatic rings. The first-order valence-electron chi connectivity index (χ1n) is 12.1. The number of fused-ring (bicyclic) bond motifs is 5. The van der Waals surface area contributed by atoms with E-state index in [2.05, 4.69) is 10.5 Å². The van der Waals surface area contributed by atoms with Crippen LogP contribution in [0.1, 0.15) is 35.1 Å². The molecule has 0 spiro atoms. The van der Waals surface area contributed by atoms with Gasteiger partial charge in [0.05, 0.1) is 13.1 Å². The van der Waals surface area contributed by atoms with Crippen LogP contribution in [0.15, 0.2) is 65.4 Å². The van der Waals surface area contributed by atoms with Crippen molar-refractivity contribution >= 4 is 17.7 Å². The van der Waals surface area contributed by atoms with Gasteiger partial charge in [-0.25, -0.2) is 4.79 Å². The topological polar surface area (TPSA) is 102 Å². The highest BCUT2D eigenvalue weighted by atomic mass is 16.6. The minimum absolute atomic E-state index is 0.141. The second kappa shape index (κ2) is 8.32. The van der Waals surface area contributed by atoms with Gasteiger partial charge in [-0.1, -0.05) is 53.7 Å². The molecule has 1 amide bonds. The lowest BCUT2D eigenvalue weighted by Crippen LogP contribution is -2.66. The molecule has 1 aliphatic carbocycles. The molecule has 3 fully saturated rings. The number of ether oxygens (including phenoxy) is 1. The van der Waals surface area contributed by atoms with E-state index in [0.717, 1.165) is 37.1 Å². The van der Waals surface area contributed by atoms with E-state index in [1.165, 1.54) is 6.26 Å². The van der Waals surface area contributed by atoms with Crippen molar-refractivity contribution in [1.82, 2.24) is 5.16 Å². The Kier molecular flexibility index (Phi) is 5.23. The molecule has 2 N–H and O–H groups in total. The van der Waals surface area contributed by atoms with E-state index >= 15 is 0 Å². The zero-order valence-electron chi connectivity index (χ0n) is 19.4. The minimum atomic E-state index is -1.85. The van der Waals surface area contributed by atoms with Gasteiger partial charge in [0.1, 0.15) is 12.8 Å². The SMILES string of the molecule is O=C(C[N+]12CCC(CC1)C(OC(=O)C1(O)c3ccccc3Cc3ccccc31)C2)Nc1ccon1. The molecule has 3 aliphatic heterocycles. The van der Waals surface area contributed by atoms with Crippen molar-refractivity contribution in [2.75, 3.05) is 31.5 Å². The maximum Gasteiger partial charge on any atom is 0.348 e. The van der Waals surface area contributed by atoms with Crippen molar-refractivity contribution in [3.05, 3.63) is 83.1 Å². The number of rotatable bonds is 5. The summed E-state index contributed by atoms with van der Waals surface area (Å²) in [6, 6.07) is 16.6. The van der Waals surface area contributed by atoms with Gasteiger partial charge in [-0.3, -0.25) is 4.79 Å². The van der Waals surface area contributed by atoms with Crippen LogP contribution in [0.3, 0.4) is 0 Å². The van der Waals surface area contributed by atoms with Crippen LogP contribution in [-0.4, -0.2) is 58.9 Å². The lowest BCUT2D eigenvalue weighted by molar-refractivity contribution is -0.939. The van der Waals surface area contributed by atoms with Crippen LogP contribution in [0.4, 0.5) is 5.82 Å². The Balaban J connectivity index is 1.24. The van der Waals surface area contributed by atoms with Crippen molar-refractivity contribution in [3.63, 3.8) is 0 Å². The highest BCUT2D eigenvalue weighted by Gasteiger charge is 2.52. The summed E-state index contributed by atoms with van der Waals surface area (Å²) in [5, 5.41) is 18.5. The number of nitrogens with zero attached hydrogens (tertiary/aromatic N) is 2. The van der Waals surface area contributed by atoms with Crippen LogP contribution in [0, 0.1) is 5.92 Å². The van der Waals surface area contributed by atoms with Crippen LogP contribution < -0.4 is 5.32 Å². The molecule has 3 saturated heterocycles. The Morgan fingerprint density at radius 2 is 1.71 bits per heavy atom. The number of anilines is 1. The third kappa shape index (κ3) is 3.73. The molecule has 8 nitrogen and oxygen atoms in total. The van der Waals surface area contributed by atoms with Gasteiger partial charge in [-0.15, -0.1) is 0 Å². The molecule has 180 valence electrons. The number of carbonyl (C=O) groups is 2. The Morgan fingerprint density at radius 1 is 1.06 bits per heavy atom. The number of aromatic nitrogens is 1. The molecular formula is C27H28N3O5+. The summed E-state index contributed by atoms with van der Waals surface area (Å²) in [6.07, 6.45) is 3.47. The Labute approximate surface area is 203 Å². The molecule has 1 aromatic heterocycles. The van der Waals surface area contributed by atoms with E-state index in [1.54, 1.807) is 6.07 Å². The van der Waals surface area contributed by atoms with E-state index in [0.29, 0.717) is 34.4 Å². The quantitative estimate of drug-likeness (QED) is 0.436. The van der Waals surface area contributed by atoms with Crippen molar-refractivity contribution in [2.24, 2.45) is 5.92 Å². The van der Waals surface area contributed by atoms with Crippen molar-refractivity contribution in [3.8, 4) is 0 Å². The highest BCUT2D eigenvalue weighted by molar-refractivity contribution is 5.90. The Bertz CT molecular complexity index is 1220. The standard InChI is InChI=1S/C27H27N3O5/c31-25(28-24-11-14-34-29-24)17-30-12-9-18(10-13-30)23(16-30)35-26(32)27(33)21-7-3-1-5-19(21)15-20-6-2-4-8-22(20)27/h1-8,11,14,18,23,33H,9-10,12-13,15-17H2/p+1. The summed E-state index contributed by atoms with van der Waals surface area (Å²) in [6.45, 7) is 2.56. The van der Waals surface area contributed by atoms with Crippen LogP contribution in [0.5, 0.6) is 0 Å². The average Bonchev–Trinajstić information content (AvgIpc) is 3.37. The summed E-state index contributed by atoms with van der Waals surface area (Å²) >= 11 is 0. The molecule has 4 heterocycles. The van der Waals surface area contributed by atoms with Gasteiger partial charge in [0.2, 0.25) is 5.60 Å². The summed E-state index contributed by atoms with van der Waals surface area (Å²) < 4.78 is 11.5. The lowest BCUT2D eigenvalue weighted by atomic mass is 9.74. The van der Waals surface area contributed by atoms with E-state index in [9.17, 15) is 14.7 Å². The predicted molar refractivity (Wildman–Crippen MR) is 126 cm³/mol. The number of nitrogens with one attached hydrogen (secondary N) is 1. The number of hydrogen-bond acceptors (Lipinski definition) is 6. The summed E-state index contributed by atoms with van der Waals surface area (Å²) in [5.41, 5.74) is 1.16. The molecule has 2 aromatic carbocycles. The van der Waals surface area contributed by atoms with Gasteiger partial charge >= 0.3 is 5.97 Å². The smallest absolute Gasteiger partial charge is 0.348 e. The van der Waals surface area contributed by atoms with Gasteiger partial charge in [0.15, 0.2) is 18.5 Å². The number of aliphatic hydroxyl groups is 1. The highest BCUT2D eigenvalue weighted by Crippen LogP contribution is 2.42. The number of piperidine rings is 3. The van der Waals surface area contributed by atoms with Gasteiger partial charge in [-0.05, 0) is 17.5 Å². The van der Waals surface area contributed by atoms with E-state index in [-0.39, 0.29) is 24.5 Å². The molecule has 35 heavy (non-hydrogen) atoms. The summed E-state index contributed by atoms with van der Waals surface area (Å²) in [5.74, 6) is -0.158. The maximum atomic E-state index is 13.8. The monoisotopic (exact) mass is 474 g/mol. The predicted octanol–water partition coefficient (Wildman–Crippen LogP) is 2.61. The molecular weight excluding hydrogens is 446 g/mol.